The Labute approximate surface area is 124 Å². The summed E-state index contributed by atoms with van der Waals surface area (Å²) in [6, 6.07) is 7.50. The number of rotatable bonds is 5. The average molecular weight is 285 g/mol. The molecule has 1 aromatic carbocycles. The summed E-state index contributed by atoms with van der Waals surface area (Å²) in [7, 11) is 1.62. The van der Waals surface area contributed by atoms with Gasteiger partial charge in [-0.25, -0.2) is 9.97 Å². The van der Waals surface area contributed by atoms with Gasteiger partial charge in [0.15, 0.2) is 5.82 Å². The molecule has 0 radical (unpaired) electrons. The van der Waals surface area contributed by atoms with Crippen molar-refractivity contribution in [1.29, 1.82) is 0 Å². The van der Waals surface area contributed by atoms with Crippen LogP contribution in [-0.2, 0) is 0 Å². The first-order valence-corrected chi connectivity index (χ1v) is 6.92. The van der Waals surface area contributed by atoms with Crippen molar-refractivity contribution in [1.82, 2.24) is 15.3 Å². The average Bonchev–Trinajstić information content (AvgIpc) is 2.52. The number of carbonyl (C=O) groups excluding carboxylic acids is 1. The molecule has 0 bridgehead atoms. The molecule has 5 nitrogen and oxygen atoms in total. The predicted molar refractivity (Wildman–Crippen MR) is 81.4 cm³/mol. The molecular formula is C16H19N3O2. The van der Waals surface area contributed by atoms with E-state index in [9.17, 15) is 4.79 Å². The highest BCUT2D eigenvalue weighted by Gasteiger charge is 2.12. The fourth-order valence-corrected chi connectivity index (χ4v) is 1.90. The van der Waals surface area contributed by atoms with E-state index in [0.29, 0.717) is 23.6 Å². The van der Waals surface area contributed by atoms with Gasteiger partial charge in [0.05, 0.1) is 18.4 Å². The monoisotopic (exact) mass is 285 g/mol. The number of benzene rings is 1. The maximum absolute atomic E-state index is 11.9. The lowest BCUT2D eigenvalue weighted by Crippen LogP contribution is -2.25. The highest BCUT2D eigenvalue weighted by molar-refractivity contribution is 5.95. The third-order valence-electron chi connectivity index (χ3n) is 3.11. The Bertz CT molecular complexity index is 624. The van der Waals surface area contributed by atoms with Crippen LogP contribution in [0.2, 0.25) is 0 Å². The first kappa shape index (κ1) is 15.0. The van der Waals surface area contributed by atoms with Crippen LogP contribution in [-0.4, -0.2) is 29.5 Å². The topological polar surface area (TPSA) is 64.1 Å². The van der Waals surface area contributed by atoms with Gasteiger partial charge in [-0.05, 0) is 37.6 Å². The van der Waals surface area contributed by atoms with Crippen molar-refractivity contribution in [3.05, 3.63) is 41.7 Å². The highest BCUT2D eigenvalue weighted by atomic mass is 16.5. The fourth-order valence-electron chi connectivity index (χ4n) is 1.90. The summed E-state index contributed by atoms with van der Waals surface area (Å²) in [4.78, 5) is 20.6. The number of methoxy groups -OCH3 is 1. The van der Waals surface area contributed by atoms with Gasteiger partial charge in [-0.1, -0.05) is 6.92 Å². The lowest BCUT2D eigenvalue weighted by atomic mass is 10.1. The third kappa shape index (κ3) is 3.56. The summed E-state index contributed by atoms with van der Waals surface area (Å²) in [5.41, 5.74) is 2.07. The molecular weight excluding hydrogens is 266 g/mol. The molecule has 0 aliphatic heterocycles. The molecule has 21 heavy (non-hydrogen) atoms. The standard InChI is InChI=1S/C16H19N3O2/c1-4-9-17-16(20)14-10-18-15(19-11(14)2)12-5-7-13(21-3)8-6-12/h5-8,10H,4,9H2,1-3H3,(H,17,20). The van der Waals surface area contributed by atoms with E-state index in [2.05, 4.69) is 15.3 Å². The van der Waals surface area contributed by atoms with Gasteiger partial charge in [-0.15, -0.1) is 0 Å². The van der Waals surface area contributed by atoms with E-state index in [0.717, 1.165) is 17.7 Å². The zero-order chi connectivity index (χ0) is 15.2. The molecule has 2 rings (SSSR count). The summed E-state index contributed by atoms with van der Waals surface area (Å²) in [5.74, 6) is 1.25. The molecule has 5 heteroatoms. The second kappa shape index (κ2) is 6.83. The Hall–Kier alpha value is -2.43. The number of aryl methyl sites for hydroxylation is 1. The highest BCUT2D eigenvalue weighted by Crippen LogP contribution is 2.19. The number of amides is 1. The number of hydrogen-bond acceptors (Lipinski definition) is 4. The molecule has 1 N–H and O–H groups in total. The zero-order valence-corrected chi connectivity index (χ0v) is 12.5. The van der Waals surface area contributed by atoms with Gasteiger partial charge in [0.1, 0.15) is 5.75 Å². The van der Waals surface area contributed by atoms with Crippen LogP contribution in [0.1, 0.15) is 29.4 Å². The number of nitrogens with zero attached hydrogens (tertiary/aromatic N) is 2. The van der Waals surface area contributed by atoms with Crippen LogP contribution in [0.25, 0.3) is 11.4 Å². The van der Waals surface area contributed by atoms with E-state index in [1.54, 1.807) is 13.3 Å². The number of ether oxygens (including phenoxy) is 1. The van der Waals surface area contributed by atoms with Crippen LogP contribution in [0.5, 0.6) is 5.75 Å². The number of hydrogen-bond donors (Lipinski definition) is 1. The van der Waals surface area contributed by atoms with Gasteiger partial charge in [0, 0.05) is 18.3 Å². The first-order valence-electron chi connectivity index (χ1n) is 6.92. The van der Waals surface area contributed by atoms with Crippen LogP contribution in [0.4, 0.5) is 0 Å². The summed E-state index contributed by atoms with van der Waals surface area (Å²) in [6.07, 6.45) is 2.47. The quantitative estimate of drug-likeness (QED) is 0.917. The van der Waals surface area contributed by atoms with Gasteiger partial charge in [0.25, 0.3) is 5.91 Å². The Morgan fingerprint density at radius 2 is 2.00 bits per heavy atom. The molecule has 0 aliphatic rings. The molecule has 2 aromatic rings. The summed E-state index contributed by atoms with van der Waals surface area (Å²) >= 11 is 0. The molecule has 0 aliphatic carbocycles. The Kier molecular flexibility index (Phi) is 4.87. The zero-order valence-electron chi connectivity index (χ0n) is 12.5. The maximum atomic E-state index is 11.9. The lowest BCUT2D eigenvalue weighted by molar-refractivity contribution is 0.0952. The van der Waals surface area contributed by atoms with Crippen molar-refractivity contribution in [3.63, 3.8) is 0 Å². The second-order valence-corrected chi connectivity index (χ2v) is 4.68. The molecule has 1 amide bonds. The first-order chi connectivity index (χ1) is 10.2. The molecule has 0 atom stereocenters. The largest absolute Gasteiger partial charge is 0.497 e. The van der Waals surface area contributed by atoms with E-state index < -0.39 is 0 Å². The van der Waals surface area contributed by atoms with Crippen molar-refractivity contribution in [2.45, 2.75) is 20.3 Å². The van der Waals surface area contributed by atoms with Crippen LogP contribution >= 0.6 is 0 Å². The number of nitrogens with one attached hydrogen (secondary N) is 1. The van der Waals surface area contributed by atoms with Crippen molar-refractivity contribution >= 4 is 5.91 Å². The minimum atomic E-state index is -0.129. The molecule has 0 saturated heterocycles. The van der Waals surface area contributed by atoms with Crippen LogP contribution in [0, 0.1) is 6.92 Å². The van der Waals surface area contributed by atoms with Crippen molar-refractivity contribution in [2.75, 3.05) is 13.7 Å². The molecule has 0 spiro atoms. The minimum absolute atomic E-state index is 0.129. The van der Waals surface area contributed by atoms with E-state index in [1.165, 1.54) is 0 Å². The van der Waals surface area contributed by atoms with Gasteiger partial charge in [0.2, 0.25) is 0 Å². The molecule has 0 saturated carbocycles. The third-order valence-corrected chi connectivity index (χ3v) is 3.11. The summed E-state index contributed by atoms with van der Waals surface area (Å²) < 4.78 is 5.12. The predicted octanol–water partition coefficient (Wildman–Crippen LogP) is 2.60. The summed E-state index contributed by atoms with van der Waals surface area (Å²) in [5, 5.41) is 2.83. The van der Waals surface area contributed by atoms with Crippen molar-refractivity contribution < 1.29 is 9.53 Å². The lowest BCUT2D eigenvalue weighted by Gasteiger charge is -2.08. The SMILES string of the molecule is CCCNC(=O)c1cnc(-c2ccc(OC)cc2)nc1C. The van der Waals surface area contributed by atoms with E-state index in [4.69, 9.17) is 4.74 Å². The molecule has 0 unspecified atom stereocenters. The van der Waals surface area contributed by atoms with Crippen molar-refractivity contribution in [2.24, 2.45) is 0 Å². The fraction of sp³-hybridized carbons (Fsp3) is 0.312. The van der Waals surface area contributed by atoms with Crippen molar-refractivity contribution in [3.8, 4) is 17.1 Å². The number of aromatic nitrogens is 2. The van der Waals surface area contributed by atoms with E-state index in [-0.39, 0.29) is 5.91 Å². The Morgan fingerprint density at radius 3 is 2.57 bits per heavy atom. The number of carbonyl (C=O) groups is 1. The van der Waals surface area contributed by atoms with Crippen LogP contribution in [0.15, 0.2) is 30.5 Å². The van der Waals surface area contributed by atoms with E-state index in [1.807, 2.05) is 38.1 Å². The smallest absolute Gasteiger partial charge is 0.254 e. The van der Waals surface area contributed by atoms with Gasteiger partial charge in [-0.2, -0.15) is 0 Å². The van der Waals surface area contributed by atoms with Gasteiger partial charge < -0.3 is 10.1 Å². The van der Waals surface area contributed by atoms with Gasteiger partial charge in [-0.3, -0.25) is 4.79 Å². The Balaban J connectivity index is 2.23. The Morgan fingerprint density at radius 1 is 1.29 bits per heavy atom. The minimum Gasteiger partial charge on any atom is -0.497 e. The molecule has 1 heterocycles. The maximum Gasteiger partial charge on any atom is 0.254 e. The van der Waals surface area contributed by atoms with Crippen LogP contribution in [0.3, 0.4) is 0 Å². The van der Waals surface area contributed by atoms with Gasteiger partial charge >= 0.3 is 0 Å². The molecule has 0 fully saturated rings. The molecule has 110 valence electrons. The normalized spacial score (nSPS) is 10.2. The van der Waals surface area contributed by atoms with E-state index >= 15 is 0 Å². The second-order valence-electron chi connectivity index (χ2n) is 4.68. The van der Waals surface area contributed by atoms with Crippen LogP contribution < -0.4 is 10.1 Å². The molecule has 1 aromatic heterocycles. The summed E-state index contributed by atoms with van der Waals surface area (Å²) in [6.45, 7) is 4.48.